The monoisotopic (exact) mass is 231 g/mol. The molecule has 0 aliphatic carbocycles. The molecule has 5 heteroatoms. The maximum Gasteiger partial charge on any atom is 0.0877 e. The van der Waals surface area contributed by atoms with E-state index >= 15 is 0 Å². The summed E-state index contributed by atoms with van der Waals surface area (Å²) in [6.45, 7) is 4.63. The standard InChI is InChI=1S/C10H18ClN3O/c1-3-4-12-6-10(8-15-2)14-7-9(11)5-13-14/h5,7,10,12H,3-4,6,8H2,1-2H3. The Labute approximate surface area is 95.6 Å². The van der Waals surface area contributed by atoms with Crippen molar-refractivity contribution in [3.8, 4) is 0 Å². The lowest BCUT2D eigenvalue weighted by Gasteiger charge is -2.17. The molecular weight excluding hydrogens is 214 g/mol. The van der Waals surface area contributed by atoms with Gasteiger partial charge in [0.05, 0.1) is 23.9 Å². The minimum atomic E-state index is 0.203. The highest BCUT2D eigenvalue weighted by Crippen LogP contribution is 2.10. The first kappa shape index (κ1) is 12.5. The second kappa shape index (κ2) is 6.82. The molecule has 1 aromatic rings. The van der Waals surface area contributed by atoms with E-state index in [0.717, 1.165) is 19.5 Å². The molecule has 86 valence electrons. The van der Waals surface area contributed by atoms with Crippen LogP contribution in [0.25, 0.3) is 0 Å². The van der Waals surface area contributed by atoms with Crippen LogP contribution in [-0.4, -0.2) is 36.6 Å². The summed E-state index contributed by atoms with van der Waals surface area (Å²) in [6, 6.07) is 0.203. The molecule has 1 atom stereocenters. The Balaban J connectivity index is 2.49. The summed E-state index contributed by atoms with van der Waals surface area (Å²) in [5, 5.41) is 8.18. The second-order valence-electron chi connectivity index (χ2n) is 3.45. The van der Waals surface area contributed by atoms with Gasteiger partial charge in [-0.2, -0.15) is 5.10 Å². The van der Waals surface area contributed by atoms with Crippen LogP contribution in [0.15, 0.2) is 12.4 Å². The number of hydrogen-bond donors (Lipinski definition) is 1. The predicted molar refractivity (Wildman–Crippen MR) is 61.3 cm³/mol. The summed E-state index contributed by atoms with van der Waals surface area (Å²) >= 11 is 5.82. The molecule has 0 aromatic carbocycles. The maximum atomic E-state index is 5.82. The van der Waals surface area contributed by atoms with E-state index in [1.54, 1.807) is 13.3 Å². The summed E-state index contributed by atoms with van der Waals surface area (Å²) < 4.78 is 7.00. The number of halogens is 1. The minimum Gasteiger partial charge on any atom is -0.382 e. The van der Waals surface area contributed by atoms with Crippen LogP contribution >= 0.6 is 11.6 Å². The van der Waals surface area contributed by atoms with E-state index in [2.05, 4.69) is 17.3 Å². The van der Waals surface area contributed by atoms with Gasteiger partial charge in [0.2, 0.25) is 0 Å². The number of nitrogens with one attached hydrogen (secondary N) is 1. The number of rotatable bonds is 7. The Hall–Kier alpha value is -0.580. The molecule has 0 aliphatic heterocycles. The highest BCUT2D eigenvalue weighted by molar-refractivity contribution is 6.30. The van der Waals surface area contributed by atoms with Crippen LogP contribution in [-0.2, 0) is 4.74 Å². The van der Waals surface area contributed by atoms with E-state index in [1.807, 2.05) is 10.9 Å². The maximum absolute atomic E-state index is 5.82. The van der Waals surface area contributed by atoms with Crippen molar-refractivity contribution < 1.29 is 4.74 Å². The van der Waals surface area contributed by atoms with Crippen molar-refractivity contribution in [3.63, 3.8) is 0 Å². The number of aromatic nitrogens is 2. The van der Waals surface area contributed by atoms with Crippen LogP contribution < -0.4 is 5.32 Å². The molecule has 15 heavy (non-hydrogen) atoms. The largest absolute Gasteiger partial charge is 0.382 e. The third-order valence-electron chi connectivity index (χ3n) is 2.11. The molecular formula is C10H18ClN3O. The van der Waals surface area contributed by atoms with E-state index in [0.29, 0.717) is 11.6 Å². The van der Waals surface area contributed by atoms with Gasteiger partial charge in [-0.3, -0.25) is 4.68 Å². The molecule has 0 fully saturated rings. The zero-order valence-electron chi connectivity index (χ0n) is 9.24. The van der Waals surface area contributed by atoms with Crippen LogP contribution in [0, 0.1) is 0 Å². The lowest BCUT2D eigenvalue weighted by molar-refractivity contribution is 0.148. The highest BCUT2D eigenvalue weighted by atomic mass is 35.5. The smallest absolute Gasteiger partial charge is 0.0877 e. The molecule has 0 amide bonds. The molecule has 1 aromatic heterocycles. The van der Waals surface area contributed by atoms with E-state index in [9.17, 15) is 0 Å². The summed E-state index contributed by atoms with van der Waals surface area (Å²) in [4.78, 5) is 0. The SMILES string of the molecule is CCCNCC(COC)n1cc(Cl)cn1. The van der Waals surface area contributed by atoms with Crippen molar-refractivity contribution in [1.29, 1.82) is 0 Å². The molecule has 0 bridgehead atoms. The van der Waals surface area contributed by atoms with Crippen molar-refractivity contribution in [2.24, 2.45) is 0 Å². The normalized spacial score (nSPS) is 13.0. The van der Waals surface area contributed by atoms with Crippen LogP contribution in [0.3, 0.4) is 0 Å². The third kappa shape index (κ3) is 4.20. The Morgan fingerprint density at radius 3 is 3.00 bits per heavy atom. The van der Waals surface area contributed by atoms with Gasteiger partial charge in [0.15, 0.2) is 0 Å². The molecule has 0 aliphatic rings. The first-order chi connectivity index (χ1) is 7.27. The lowest BCUT2D eigenvalue weighted by Crippen LogP contribution is -2.29. The summed E-state index contributed by atoms with van der Waals surface area (Å²) in [5.41, 5.74) is 0. The van der Waals surface area contributed by atoms with Crippen molar-refractivity contribution in [1.82, 2.24) is 15.1 Å². The zero-order chi connectivity index (χ0) is 11.1. The Morgan fingerprint density at radius 1 is 1.67 bits per heavy atom. The summed E-state index contributed by atoms with van der Waals surface area (Å²) in [6.07, 6.45) is 4.59. The Kier molecular flexibility index (Phi) is 5.68. The fraction of sp³-hybridized carbons (Fsp3) is 0.700. The van der Waals surface area contributed by atoms with E-state index in [4.69, 9.17) is 16.3 Å². The van der Waals surface area contributed by atoms with Gasteiger partial charge < -0.3 is 10.1 Å². The third-order valence-corrected chi connectivity index (χ3v) is 2.31. The fourth-order valence-electron chi connectivity index (χ4n) is 1.38. The van der Waals surface area contributed by atoms with Crippen LogP contribution in [0.4, 0.5) is 0 Å². The number of nitrogens with zero attached hydrogens (tertiary/aromatic N) is 2. The van der Waals surface area contributed by atoms with Crippen molar-refractivity contribution in [2.75, 3.05) is 26.8 Å². The summed E-state index contributed by atoms with van der Waals surface area (Å²) in [5.74, 6) is 0. The molecule has 1 unspecified atom stereocenters. The first-order valence-electron chi connectivity index (χ1n) is 5.17. The predicted octanol–water partition coefficient (Wildman–Crippen LogP) is 1.72. The molecule has 4 nitrogen and oxygen atoms in total. The molecule has 0 saturated carbocycles. The zero-order valence-corrected chi connectivity index (χ0v) is 10.00. The van der Waals surface area contributed by atoms with Crippen molar-refractivity contribution in [3.05, 3.63) is 17.4 Å². The van der Waals surface area contributed by atoms with Crippen LogP contribution in [0.5, 0.6) is 0 Å². The van der Waals surface area contributed by atoms with Gasteiger partial charge in [0.25, 0.3) is 0 Å². The minimum absolute atomic E-state index is 0.203. The van der Waals surface area contributed by atoms with Gasteiger partial charge in [-0.1, -0.05) is 18.5 Å². The van der Waals surface area contributed by atoms with E-state index < -0.39 is 0 Å². The summed E-state index contributed by atoms with van der Waals surface area (Å²) in [7, 11) is 1.69. The van der Waals surface area contributed by atoms with Gasteiger partial charge in [-0.05, 0) is 13.0 Å². The highest BCUT2D eigenvalue weighted by Gasteiger charge is 2.11. The van der Waals surface area contributed by atoms with Gasteiger partial charge in [0.1, 0.15) is 0 Å². The average Bonchev–Trinajstić information content (AvgIpc) is 2.64. The van der Waals surface area contributed by atoms with Crippen LogP contribution in [0.2, 0.25) is 5.02 Å². The fourth-order valence-corrected chi connectivity index (χ4v) is 1.52. The lowest BCUT2D eigenvalue weighted by atomic mass is 10.3. The van der Waals surface area contributed by atoms with Gasteiger partial charge in [-0.15, -0.1) is 0 Å². The molecule has 1 N–H and O–H groups in total. The average molecular weight is 232 g/mol. The Morgan fingerprint density at radius 2 is 2.47 bits per heavy atom. The van der Waals surface area contributed by atoms with Gasteiger partial charge in [0, 0.05) is 19.9 Å². The topological polar surface area (TPSA) is 39.1 Å². The first-order valence-corrected chi connectivity index (χ1v) is 5.55. The number of ether oxygens (including phenoxy) is 1. The number of methoxy groups -OCH3 is 1. The van der Waals surface area contributed by atoms with Crippen molar-refractivity contribution in [2.45, 2.75) is 19.4 Å². The van der Waals surface area contributed by atoms with E-state index in [1.165, 1.54) is 0 Å². The molecule has 1 rings (SSSR count). The van der Waals surface area contributed by atoms with Gasteiger partial charge in [-0.25, -0.2) is 0 Å². The van der Waals surface area contributed by atoms with E-state index in [-0.39, 0.29) is 6.04 Å². The molecule has 1 heterocycles. The number of hydrogen-bond acceptors (Lipinski definition) is 3. The molecule has 0 radical (unpaired) electrons. The quantitative estimate of drug-likeness (QED) is 0.727. The molecule has 0 saturated heterocycles. The Bertz CT molecular complexity index is 277. The van der Waals surface area contributed by atoms with Crippen LogP contribution in [0.1, 0.15) is 19.4 Å². The van der Waals surface area contributed by atoms with Gasteiger partial charge >= 0.3 is 0 Å². The molecule has 0 spiro atoms. The second-order valence-corrected chi connectivity index (χ2v) is 3.89. The van der Waals surface area contributed by atoms with Crippen molar-refractivity contribution >= 4 is 11.6 Å².